The van der Waals surface area contributed by atoms with Crippen LogP contribution in [0.5, 0.6) is 0 Å². The summed E-state index contributed by atoms with van der Waals surface area (Å²) in [6, 6.07) is 10.0. The molecule has 0 atom stereocenters. The molecule has 0 fully saturated rings. The van der Waals surface area contributed by atoms with Gasteiger partial charge in [0.2, 0.25) is 0 Å². The van der Waals surface area contributed by atoms with Gasteiger partial charge in [-0.05, 0) is 36.2 Å². The number of carbonyl (C=O) groups is 2. The molecule has 1 amide bonds. The van der Waals surface area contributed by atoms with Crippen LogP contribution in [0.1, 0.15) is 33.2 Å². The van der Waals surface area contributed by atoms with Crippen molar-refractivity contribution < 1.29 is 14.7 Å². The van der Waals surface area contributed by atoms with E-state index >= 15 is 0 Å². The highest BCUT2D eigenvalue weighted by Crippen LogP contribution is 2.13. The van der Waals surface area contributed by atoms with Crippen LogP contribution in [0.4, 0.5) is 5.82 Å². The summed E-state index contributed by atoms with van der Waals surface area (Å²) in [7, 11) is 0. The molecule has 2 aromatic rings. The maximum absolute atomic E-state index is 12.0. The van der Waals surface area contributed by atoms with Gasteiger partial charge in [0, 0.05) is 11.8 Å². The van der Waals surface area contributed by atoms with Crippen molar-refractivity contribution in [2.45, 2.75) is 13.3 Å². The Morgan fingerprint density at radius 1 is 1.20 bits per heavy atom. The summed E-state index contributed by atoms with van der Waals surface area (Å²) in [5, 5.41) is 11.5. The van der Waals surface area contributed by atoms with Gasteiger partial charge in [-0.3, -0.25) is 4.79 Å². The summed E-state index contributed by atoms with van der Waals surface area (Å²) in [4.78, 5) is 27.0. The maximum Gasteiger partial charge on any atom is 0.339 e. The molecule has 0 radical (unpaired) electrons. The normalized spacial score (nSPS) is 10.1. The van der Waals surface area contributed by atoms with E-state index in [0.717, 1.165) is 12.0 Å². The summed E-state index contributed by atoms with van der Waals surface area (Å²) in [6.07, 6.45) is 2.33. The van der Waals surface area contributed by atoms with Crippen LogP contribution >= 0.6 is 0 Å². The maximum atomic E-state index is 12.0. The monoisotopic (exact) mass is 270 g/mol. The zero-order valence-electron chi connectivity index (χ0n) is 11.0. The number of carboxylic acids is 1. The topological polar surface area (TPSA) is 79.3 Å². The van der Waals surface area contributed by atoms with Crippen molar-refractivity contribution in [3.63, 3.8) is 0 Å². The lowest BCUT2D eigenvalue weighted by molar-refractivity contribution is 0.0697. The van der Waals surface area contributed by atoms with E-state index < -0.39 is 5.97 Å². The summed E-state index contributed by atoms with van der Waals surface area (Å²) in [5.41, 5.74) is 1.56. The van der Waals surface area contributed by atoms with E-state index in [1.54, 1.807) is 12.1 Å². The van der Waals surface area contributed by atoms with Crippen LogP contribution < -0.4 is 5.32 Å². The third-order valence-electron chi connectivity index (χ3n) is 2.89. The van der Waals surface area contributed by atoms with Gasteiger partial charge in [-0.15, -0.1) is 0 Å². The smallest absolute Gasteiger partial charge is 0.339 e. The Bertz CT molecular complexity index is 636. The first-order valence-electron chi connectivity index (χ1n) is 6.20. The van der Waals surface area contributed by atoms with Crippen molar-refractivity contribution in [2.75, 3.05) is 5.32 Å². The van der Waals surface area contributed by atoms with Gasteiger partial charge in [0.05, 0.1) is 0 Å². The molecule has 0 bridgehead atoms. The van der Waals surface area contributed by atoms with Gasteiger partial charge in [0.1, 0.15) is 11.4 Å². The molecule has 5 heteroatoms. The van der Waals surface area contributed by atoms with E-state index in [9.17, 15) is 9.59 Å². The number of nitrogens with one attached hydrogen (secondary N) is 1. The van der Waals surface area contributed by atoms with Crippen molar-refractivity contribution in [3.8, 4) is 0 Å². The van der Waals surface area contributed by atoms with Gasteiger partial charge >= 0.3 is 5.97 Å². The Hall–Kier alpha value is -2.69. The van der Waals surface area contributed by atoms with Crippen LogP contribution in [0, 0.1) is 0 Å². The van der Waals surface area contributed by atoms with Gasteiger partial charge in [-0.25, -0.2) is 9.78 Å². The third-order valence-corrected chi connectivity index (χ3v) is 2.89. The zero-order chi connectivity index (χ0) is 14.5. The number of aromatic carboxylic acids is 1. The largest absolute Gasteiger partial charge is 0.478 e. The number of carboxylic acid groups (broad SMARTS) is 1. The highest BCUT2D eigenvalue weighted by atomic mass is 16.4. The molecule has 5 nitrogen and oxygen atoms in total. The third kappa shape index (κ3) is 3.00. The fourth-order valence-corrected chi connectivity index (χ4v) is 1.75. The molecule has 0 aliphatic heterocycles. The number of rotatable bonds is 4. The van der Waals surface area contributed by atoms with Crippen LogP contribution in [0.3, 0.4) is 0 Å². The molecule has 1 heterocycles. The Morgan fingerprint density at radius 2 is 1.90 bits per heavy atom. The van der Waals surface area contributed by atoms with Gasteiger partial charge in [-0.1, -0.05) is 19.1 Å². The second kappa shape index (κ2) is 5.97. The van der Waals surface area contributed by atoms with Crippen LogP contribution in [0.2, 0.25) is 0 Å². The lowest BCUT2D eigenvalue weighted by Gasteiger charge is -2.07. The van der Waals surface area contributed by atoms with Crippen LogP contribution in [-0.2, 0) is 6.42 Å². The van der Waals surface area contributed by atoms with Crippen LogP contribution in [0.15, 0.2) is 42.6 Å². The number of aryl methyl sites for hydroxylation is 1. The molecule has 20 heavy (non-hydrogen) atoms. The minimum Gasteiger partial charge on any atom is -0.478 e. The predicted octanol–water partition coefficient (Wildman–Crippen LogP) is 2.59. The van der Waals surface area contributed by atoms with Crippen molar-refractivity contribution in [1.82, 2.24) is 4.98 Å². The number of carbonyl (C=O) groups excluding carboxylic acids is 1. The molecular weight excluding hydrogens is 256 g/mol. The number of amides is 1. The standard InChI is InChI=1S/C15H14N2O3/c1-2-10-5-7-11(8-6-10)14(18)17-13-12(15(19)20)4-3-9-16-13/h3-9H,2H2,1H3,(H,19,20)(H,16,17,18). The number of hydrogen-bond acceptors (Lipinski definition) is 3. The average molecular weight is 270 g/mol. The second-order valence-corrected chi connectivity index (χ2v) is 4.21. The number of benzene rings is 1. The second-order valence-electron chi connectivity index (χ2n) is 4.21. The van der Waals surface area contributed by atoms with Crippen molar-refractivity contribution in [3.05, 3.63) is 59.3 Å². The fraction of sp³-hybridized carbons (Fsp3) is 0.133. The molecule has 2 rings (SSSR count). The number of nitrogens with zero attached hydrogens (tertiary/aromatic N) is 1. The first-order chi connectivity index (χ1) is 9.61. The number of hydrogen-bond donors (Lipinski definition) is 2. The highest BCUT2D eigenvalue weighted by molar-refractivity contribution is 6.06. The number of anilines is 1. The summed E-state index contributed by atoms with van der Waals surface area (Å²) in [5.74, 6) is -1.46. The van der Waals surface area contributed by atoms with Crippen molar-refractivity contribution in [1.29, 1.82) is 0 Å². The molecule has 2 N–H and O–H groups in total. The van der Waals surface area contributed by atoms with Crippen LogP contribution in [0.25, 0.3) is 0 Å². The predicted molar refractivity (Wildman–Crippen MR) is 75.0 cm³/mol. The first-order valence-corrected chi connectivity index (χ1v) is 6.20. The zero-order valence-corrected chi connectivity index (χ0v) is 11.0. The van der Waals surface area contributed by atoms with Gasteiger partial charge < -0.3 is 10.4 Å². The fourth-order valence-electron chi connectivity index (χ4n) is 1.75. The van der Waals surface area contributed by atoms with E-state index in [1.165, 1.54) is 18.3 Å². The molecule has 1 aromatic carbocycles. The molecule has 0 saturated heterocycles. The van der Waals surface area contributed by atoms with E-state index in [1.807, 2.05) is 19.1 Å². The quantitative estimate of drug-likeness (QED) is 0.895. The van der Waals surface area contributed by atoms with Crippen LogP contribution in [-0.4, -0.2) is 22.0 Å². The first kappa shape index (κ1) is 13.7. The Labute approximate surface area is 116 Å². The molecule has 102 valence electrons. The minimum absolute atomic E-state index is 0.0361. The molecular formula is C15H14N2O3. The summed E-state index contributed by atoms with van der Waals surface area (Å²) >= 11 is 0. The number of pyridine rings is 1. The Kier molecular flexibility index (Phi) is 4.10. The SMILES string of the molecule is CCc1ccc(C(=O)Nc2ncccc2C(=O)O)cc1. The van der Waals surface area contributed by atoms with Gasteiger partial charge in [0.25, 0.3) is 5.91 Å². The lowest BCUT2D eigenvalue weighted by atomic mass is 10.1. The summed E-state index contributed by atoms with van der Waals surface area (Å²) < 4.78 is 0. The summed E-state index contributed by atoms with van der Waals surface area (Å²) in [6.45, 7) is 2.03. The van der Waals surface area contributed by atoms with Gasteiger partial charge in [-0.2, -0.15) is 0 Å². The van der Waals surface area contributed by atoms with E-state index in [0.29, 0.717) is 5.56 Å². The lowest BCUT2D eigenvalue weighted by Crippen LogP contribution is -2.16. The molecule has 0 aliphatic rings. The molecule has 1 aromatic heterocycles. The highest BCUT2D eigenvalue weighted by Gasteiger charge is 2.14. The van der Waals surface area contributed by atoms with E-state index in [4.69, 9.17) is 5.11 Å². The van der Waals surface area contributed by atoms with E-state index in [2.05, 4.69) is 10.3 Å². The van der Waals surface area contributed by atoms with Crippen molar-refractivity contribution >= 4 is 17.7 Å². The average Bonchev–Trinajstić information content (AvgIpc) is 2.47. The minimum atomic E-state index is -1.13. The van der Waals surface area contributed by atoms with Crippen molar-refractivity contribution in [2.24, 2.45) is 0 Å². The number of aromatic nitrogens is 1. The molecule has 0 saturated carbocycles. The van der Waals surface area contributed by atoms with Gasteiger partial charge in [0.15, 0.2) is 0 Å². The Morgan fingerprint density at radius 3 is 2.50 bits per heavy atom. The molecule has 0 unspecified atom stereocenters. The Balaban J connectivity index is 2.21. The van der Waals surface area contributed by atoms with E-state index in [-0.39, 0.29) is 17.3 Å². The molecule has 0 aliphatic carbocycles. The molecule has 0 spiro atoms.